The van der Waals surface area contributed by atoms with E-state index in [-0.39, 0.29) is 0 Å². The molecule has 0 amide bonds. The van der Waals surface area contributed by atoms with E-state index in [9.17, 15) is 0 Å². The first-order valence-corrected chi connectivity index (χ1v) is 10.5. The van der Waals surface area contributed by atoms with Gasteiger partial charge >= 0.3 is 0 Å². The molecule has 0 unspecified atom stereocenters. The van der Waals surface area contributed by atoms with Gasteiger partial charge in [-0.3, -0.25) is 0 Å². The molecule has 0 radical (unpaired) electrons. The number of nitrogens with zero attached hydrogens (tertiary/aromatic N) is 3. The van der Waals surface area contributed by atoms with Crippen LogP contribution in [0.4, 0.5) is 0 Å². The van der Waals surface area contributed by atoms with E-state index in [1.165, 1.54) is 5.56 Å². The number of aromatic nitrogens is 3. The van der Waals surface area contributed by atoms with Gasteiger partial charge in [0.15, 0.2) is 17.3 Å². The van der Waals surface area contributed by atoms with Crippen molar-refractivity contribution in [2.45, 2.75) is 13.5 Å². The van der Waals surface area contributed by atoms with Gasteiger partial charge in [-0.25, -0.2) is 5.10 Å². The minimum Gasteiger partial charge on any atom is -0.493 e. The molecule has 2 aromatic heterocycles. The molecule has 2 aromatic carbocycles. The number of aryl methyl sites for hydroxylation is 1. The van der Waals surface area contributed by atoms with Gasteiger partial charge < -0.3 is 9.47 Å². The Hall–Kier alpha value is -3.23. The number of H-pyrrole nitrogens is 1. The van der Waals surface area contributed by atoms with Crippen LogP contribution in [0.5, 0.6) is 11.5 Å². The Morgan fingerprint density at radius 2 is 2.00 bits per heavy atom. The molecule has 0 aliphatic rings. The van der Waals surface area contributed by atoms with Crippen LogP contribution < -0.4 is 9.47 Å². The number of thiophene rings is 1. The number of methoxy groups -OCH3 is 1. The molecule has 0 atom stereocenters. The van der Waals surface area contributed by atoms with Crippen LogP contribution in [0.2, 0.25) is 0 Å². The topological polar surface area (TPSA) is 64.4 Å². The van der Waals surface area contributed by atoms with Crippen LogP contribution in [0.15, 0.2) is 65.1 Å². The van der Waals surface area contributed by atoms with Crippen molar-refractivity contribution in [2.24, 2.45) is 5.10 Å². The van der Waals surface area contributed by atoms with E-state index < -0.39 is 0 Å². The summed E-state index contributed by atoms with van der Waals surface area (Å²) in [4.78, 5) is 0.983. The number of hydrogen-bond acceptors (Lipinski definition) is 6. The second kappa shape index (κ2) is 9.06. The monoisotopic (exact) mass is 436 g/mol. The Labute approximate surface area is 183 Å². The largest absolute Gasteiger partial charge is 0.493 e. The maximum absolute atomic E-state index is 6.01. The van der Waals surface area contributed by atoms with Crippen LogP contribution in [0, 0.1) is 11.7 Å². The predicted molar refractivity (Wildman–Crippen MR) is 122 cm³/mol. The number of nitrogens with one attached hydrogen (secondary N) is 1. The van der Waals surface area contributed by atoms with Crippen LogP contribution in [0.25, 0.3) is 10.7 Å². The lowest BCUT2D eigenvalue weighted by atomic mass is 10.1. The molecule has 0 aliphatic heterocycles. The van der Waals surface area contributed by atoms with Gasteiger partial charge in [0.05, 0.1) is 18.2 Å². The van der Waals surface area contributed by atoms with Gasteiger partial charge in [0.2, 0.25) is 4.77 Å². The first-order valence-electron chi connectivity index (χ1n) is 9.26. The zero-order valence-corrected chi connectivity index (χ0v) is 18.2. The first kappa shape index (κ1) is 20.1. The lowest BCUT2D eigenvalue weighted by molar-refractivity contribution is 0.284. The molecule has 0 saturated heterocycles. The van der Waals surface area contributed by atoms with Gasteiger partial charge in [0.1, 0.15) is 6.61 Å². The molecule has 4 aromatic rings. The SMILES string of the molecule is COc1ccc(/C=N\n2c(-c3cccs3)n[nH]c2=S)cc1OCc1ccc(C)cc1. The fourth-order valence-corrected chi connectivity index (χ4v) is 3.70. The Morgan fingerprint density at radius 3 is 2.73 bits per heavy atom. The number of ether oxygens (including phenoxy) is 2. The summed E-state index contributed by atoms with van der Waals surface area (Å²) >= 11 is 6.90. The zero-order chi connectivity index (χ0) is 20.9. The van der Waals surface area contributed by atoms with Crippen molar-refractivity contribution in [2.75, 3.05) is 7.11 Å². The van der Waals surface area contributed by atoms with Gasteiger partial charge in [-0.15, -0.1) is 11.3 Å². The molecule has 8 heteroatoms. The number of aromatic amines is 1. The smallest absolute Gasteiger partial charge is 0.216 e. The van der Waals surface area contributed by atoms with Crippen molar-refractivity contribution < 1.29 is 9.47 Å². The Bertz CT molecular complexity index is 1210. The summed E-state index contributed by atoms with van der Waals surface area (Å²) in [5.74, 6) is 1.99. The van der Waals surface area contributed by atoms with E-state index in [2.05, 4.69) is 46.5 Å². The maximum Gasteiger partial charge on any atom is 0.216 e. The zero-order valence-electron chi connectivity index (χ0n) is 16.5. The number of hydrogen-bond donors (Lipinski definition) is 1. The normalized spacial score (nSPS) is 11.1. The third-order valence-corrected chi connectivity index (χ3v) is 5.55. The van der Waals surface area contributed by atoms with Crippen molar-refractivity contribution in [1.29, 1.82) is 0 Å². The van der Waals surface area contributed by atoms with Crippen molar-refractivity contribution in [3.8, 4) is 22.2 Å². The second-order valence-electron chi connectivity index (χ2n) is 6.57. The molecule has 4 rings (SSSR count). The third-order valence-electron chi connectivity index (χ3n) is 4.42. The quantitative estimate of drug-likeness (QED) is 0.309. The summed E-state index contributed by atoms with van der Waals surface area (Å²) < 4.78 is 13.5. The average molecular weight is 437 g/mol. The number of rotatable bonds is 7. The van der Waals surface area contributed by atoms with E-state index in [0.29, 0.717) is 28.7 Å². The fraction of sp³-hybridized carbons (Fsp3) is 0.136. The highest BCUT2D eigenvalue weighted by molar-refractivity contribution is 7.71. The van der Waals surface area contributed by atoms with Gasteiger partial charge in [-0.1, -0.05) is 35.9 Å². The van der Waals surface area contributed by atoms with E-state index in [4.69, 9.17) is 21.7 Å². The molecule has 1 N–H and O–H groups in total. The molecule has 0 saturated carbocycles. The summed E-state index contributed by atoms with van der Waals surface area (Å²) in [5, 5.41) is 13.6. The van der Waals surface area contributed by atoms with Crippen LogP contribution >= 0.6 is 23.6 Å². The molecule has 0 bridgehead atoms. The van der Waals surface area contributed by atoms with Crippen molar-refractivity contribution in [1.82, 2.24) is 14.9 Å². The highest BCUT2D eigenvalue weighted by Gasteiger charge is 2.09. The van der Waals surface area contributed by atoms with Crippen molar-refractivity contribution >= 4 is 29.8 Å². The van der Waals surface area contributed by atoms with Crippen LogP contribution in [-0.4, -0.2) is 28.2 Å². The van der Waals surface area contributed by atoms with Gasteiger partial charge in [0, 0.05) is 0 Å². The highest BCUT2D eigenvalue weighted by Crippen LogP contribution is 2.29. The lowest BCUT2D eigenvalue weighted by Crippen LogP contribution is -1.99. The standard InChI is InChI=1S/C22H20N4O2S2/c1-15-5-7-16(8-6-15)14-28-19-12-17(9-10-18(19)27-2)13-23-26-21(24-25-22(26)29)20-4-3-11-30-20/h3-13H,14H2,1-2H3,(H,25,29)/b23-13-. The van der Waals surface area contributed by atoms with E-state index in [1.54, 1.807) is 29.3 Å². The predicted octanol–water partition coefficient (Wildman–Crippen LogP) is 5.45. The molecule has 30 heavy (non-hydrogen) atoms. The molecule has 152 valence electrons. The summed E-state index contributed by atoms with van der Waals surface area (Å²) in [5.41, 5.74) is 3.16. The fourth-order valence-electron chi connectivity index (χ4n) is 2.82. The Morgan fingerprint density at radius 1 is 1.17 bits per heavy atom. The summed E-state index contributed by atoms with van der Waals surface area (Å²) in [7, 11) is 1.62. The summed E-state index contributed by atoms with van der Waals surface area (Å²) in [6.45, 7) is 2.51. The minimum atomic E-state index is 0.430. The molecular formula is C22H20N4O2S2. The van der Waals surface area contributed by atoms with Crippen LogP contribution in [-0.2, 0) is 6.61 Å². The highest BCUT2D eigenvalue weighted by atomic mass is 32.1. The van der Waals surface area contributed by atoms with Gasteiger partial charge in [-0.2, -0.15) is 14.9 Å². The van der Waals surface area contributed by atoms with E-state index >= 15 is 0 Å². The Balaban J connectivity index is 1.57. The minimum absolute atomic E-state index is 0.430. The van der Waals surface area contributed by atoms with Gasteiger partial charge in [-0.05, 0) is 59.9 Å². The molecule has 0 spiro atoms. The molecular weight excluding hydrogens is 416 g/mol. The second-order valence-corrected chi connectivity index (χ2v) is 7.91. The molecule has 0 fully saturated rings. The maximum atomic E-state index is 6.01. The summed E-state index contributed by atoms with van der Waals surface area (Å²) in [6, 6.07) is 17.9. The van der Waals surface area contributed by atoms with Gasteiger partial charge in [0.25, 0.3) is 0 Å². The third kappa shape index (κ3) is 4.50. The summed E-state index contributed by atoms with van der Waals surface area (Å²) in [6.07, 6.45) is 1.72. The van der Waals surface area contributed by atoms with E-state index in [1.807, 2.05) is 35.7 Å². The van der Waals surface area contributed by atoms with E-state index in [0.717, 1.165) is 16.0 Å². The lowest BCUT2D eigenvalue weighted by Gasteiger charge is -2.11. The number of benzene rings is 2. The molecule has 2 heterocycles. The molecule has 6 nitrogen and oxygen atoms in total. The van der Waals surface area contributed by atoms with Crippen molar-refractivity contribution in [3.05, 3.63) is 81.4 Å². The average Bonchev–Trinajstić information content (AvgIpc) is 3.41. The molecule has 0 aliphatic carbocycles. The van der Waals surface area contributed by atoms with Crippen LogP contribution in [0.1, 0.15) is 16.7 Å². The Kier molecular flexibility index (Phi) is 6.06. The van der Waals surface area contributed by atoms with Crippen molar-refractivity contribution in [3.63, 3.8) is 0 Å². The first-order chi connectivity index (χ1) is 14.6. The van der Waals surface area contributed by atoms with Crippen LogP contribution in [0.3, 0.4) is 0 Å².